The van der Waals surface area contributed by atoms with E-state index in [9.17, 15) is 4.79 Å². The summed E-state index contributed by atoms with van der Waals surface area (Å²) in [5, 5.41) is 2.76. The Morgan fingerprint density at radius 1 is 1.29 bits per heavy atom. The Bertz CT molecular complexity index is 788. The molecule has 5 heteroatoms. The standard InChI is InChI=1S/C16H13N3O2/c1-11-8-9-17-10-13(11)18-15(20)6-7-16-19-12-4-2-3-5-14(12)21-16/h2-10H,1H3,(H,18,20)/b7-6+. The number of nitrogens with zero attached hydrogens (tertiary/aromatic N) is 2. The molecule has 1 amide bonds. The van der Waals surface area contributed by atoms with Gasteiger partial charge in [-0.25, -0.2) is 4.98 Å². The van der Waals surface area contributed by atoms with Crippen LogP contribution in [0.2, 0.25) is 0 Å². The van der Waals surface area contributed by atoms with Crippen molar-refractivity contribution in [3.63, 3.8) is 0 Å². The molecular weight excluding hydrogens is 266 g/mol. The first-order chi connectivity index (χ1) is 10.2. The molecule has 0 spiro atoms. The van der Waals surface area contributed by atoms with Gasteiger partial charge in [-0.3, -0.25) is 9.78 Å². The topological polar surface area (TPSA) is 68.0 Å². The normalized spacial score (nSPS) is 11.1. The molecule has 0 radical (unpaired) electrons. The molecule has 5 nitrogen and oxygen atoms in total. The SMILES string of the molecule is Cc1ccncc1NC(=O)/C=C/c1nc2ccccc2o1. The van der Waals surface area contributed by atoms with Crippen molar-refractivity contribution in [3.05, 3.63) is 60.3 Å². The molecule has 0 saturated carbocycles. The number of anilines is 1. The van der Waals surface area contributed by atoms with Crippen molar-refractivity contribution in [2.75, 3.05) is 5.32 Å². The van der Waals surface area contributed by atoms with Gasteiger partial charge in [0.25, 0.3) is 0 Å². The van der Waals surface area contributed by atoms with E-state index in [-0.39, 0.29) is 5.91 Å². The van der Waals surface area contributed by atoms with E-state index < -0.39 is 0 Å². The highest BCUT2D eigenvalue weighted by molar-refractivity contribution is 6.02. The molecule has 2 heterocycles. The van der Waals surface area contributed by atoms with Crippen molar-refractivity contribution in [1.29, 1.82) is 0 Å². The maximum Gasteiger partial charge on any atom is 0.248 e. The Labute approximate surface area is 121 Å². The van der Waals surface area contributed by atoms with Crippen molar-refractivity contribution in [2.24, 2.45) is 0 Å². The summed E-state index contributed by atoms with van der Waals surface area (Å²) in [5.41, 5.74) is 3.10. The lowest BCUT2D eigenvalue weighted by molar-refractivity contribution is -0.111. The first-order valence-electron chi connectivity index (χ1n) is 6.47. The summed E-state index contributed by atoms with van der Waals surface area (Å²) >= 11 is 0. The molecule has 0 aliphatic rings. The highest BCUT2D eigenvalue weighted by Crippen LogP contribution is 2.16. The van der Waals surface area contributed by atoms with Crippen LogP contribution in [-0.4, -0.2) is 15.9 Å². The number of amides is 1. The number of carbonyl (C=O) groups is 1. The Morgan fingerprint density at radius 3 is 2.95 bits per heavy atom. The highest BCUT2D eigenvalue weighted by Gasteiger charge is 2.04. The predicted molar refractivity (Wildman–Crippen MR) is 80.6 cm³/mol. The molecule has 3 rings (SSSR count). The average Bonchev–Trinajstić information content (AvgIpc) is 2.90. The Hall–Kier alpha value is -2.95. The van der Waals surface area contributed by atoms with E-state index >= 15 is 0 Å². The second kappa shape index (κ2) is 5.58. The molecule has 21 heavy (non-hydrogen) atoms. The lowest BCUT2D eigenvalue weighted by Crippen LogP contribution is -2.09. The molecule has 2 aromatic heterocycles. The first-order valence-corrected chi connectivity index (χ1v) is 6.47. The number of nitrogens with one attached hydrogen (secondary N) is 1. The van der Waals surface area contributed by atoms with Crippen LogP contribution in [0, 0.1) is 6.92 Å². The number of para-hydroxylation sites is 2. The fourth-order valence-electron chi connectivity index (χ4n) is 1.88. The quantitative estimate of drug-likeness (QED) is 0.748. The van der Waals surface area contributed by atoms with Crippen LogP contribution >= 0.6 is 0 Å². The molecule has 0 aliphatic heterocycles. The molecule has 0 atom stereocenters. The van der Waals surface area contributed by atoms with Crippen molar-refractivity contribution in [1.82, 2.24) is 9.97 Å². The number of hydrogen-bond acceptors (Lipinski definition) is 4. The average molecular weight is 279 g/mol. The largest absolute Gasteiger partial charge is 0.437 e. The van der Waals surface area contributed by atoms with Gasteiger partial charge in [0.15, 0.2) is 5.58 Å². The van der Waals surface area contributed by atoms with Crippen LogP contribution in [-0.2, 0) is 4.79 Å². The number of rotatable bonds is 3. The third kappa shape index (κ3) is 2.97. The number of carbonyl (C=O) groups excluding carboxylic acids is 1. The van der Waals surface area contributed by atoms with Crippen LogP contribution in [0.25, 0.3) is 17.2 Å². The number of aromatic nitrogens is 2. The maximum atomic E-state index is 11.9. The lowest BCUT2D eigenvalue weighted by atomic mass is 10.2. The van der Waals surface area contributed by atoms with Gasteiger partial charge in [0.1, 0.15) is 5.52 Å². The van der Waals surface area contributed by atoms with E-state index in [4.69, 9.17) is 4.42 Å². The lowest BCUT2D eigenvalue weighted by Gasteiger charge is -2.04. The third-order valence-electron chi connectivity index (χ3n) is 2.98. The Balaban J connectivity index is 1.73. The van der Waals surface area contributed by atoms with Gasteiger partial charge in [0, 0.05) is 18.3 Å². The first kappa shape index (κ1) is 13.1. The van der Waals surface area contributed by atoms with Gasteiger partial charge in [0.2, 0.25) is 11.8 Å². The van der Waals surface area contributed by atoms with E-state index in [0.717, 1.165) is 11.1 Å². The molecular formula is C16H13N3O2. The summed E-state index contributed by atoms with van der Waals surface area (Å²) in [5.74, 6) is 0.141. The molecule has 104 valence electrons. The highest BCUT2D eigenvalue weighted by atomic mass is 16.3. The molecule has 0 saturated heterocycles. The summed E-state index contributed by atoms with van der Waals surface area (Å²) in [6, 6.07) is 9.28. The summed E-state index contributed by atoms with van der Waals surface area (Å²) in [4.78, 5) is 20.1. The summed E-state index contributed by atoms with van der Waals surface area (Å²) in [6.07, 6.45) is 6.22. The smallest absolute Gasteiger partial charge is 0.248 e. The van der Waals surface area contributed by atoms with Crippen molar-refractivity contribution in [3.8, 4) is 0 Å². The maximum absolute atomic E-state index is 11.9. The fraction of sp³-hybridized carbons (Fsp3) is 0.0625. The molecule has 0 fully saturated rings. The van der Waals surface area contributed by atoms with E-state index in [1.54, 1.807) is 18.5 Å². The van der Waals surface area contributed by atoms with Gasteiger partial charge in [-0.15, -0.1) is 0 Å². The van der Waals surface area contributed by atoms with E-state index in [0.29, 0.717) is 17.2 Å². The minimum Gasteiger partial charge on any atom is -0.437 e. The Kier molecular flexibility index (Phi) is 3.47. The summed E-state index contributed by atoms with van der Waals surface area (Å²) in [7, 11) is 0. The molecule has 0 aliphatic carbocycles. The van der Waals surface area contributed by atoms with Crippen LogP contribution in [0.15, 0.2) is 53.2 Å². The summed E-state index contributed by atoms with van der Waals surface area (Å²) in [6.45, 7) is 1.90. The molecule has 1 aromatic carbocycles. The van der Waals surface area contributed by atoms with Crippen LogP contribution < -0.4 is 5.32 Å². The van der Waals surface area contributed by atoms with E-state index in [1.807, 2.05) is 37.3 Å². The zero-order valence-electron chi connectivity index (χ0n) is 11.4. The monoisotopic (exact) mass is 279 g/mol. The van der Waals surface area contributed by atoms with Crippen molar-refractivity contribution in [2.45, 2.75) is 6.92 Å². The predicted octanol–water partition coefficient (Wildman–Crippen LogP) is 3.18. The third-order valence-corrected chi connectivity index (χ3v) is 2.98. The van der Waals surface area contributed by atoms with E-state index in [2.05, 4.69) is 15.3 Å². The van der Waals surface area contributed by atoms with Gasteiger partial charge in [-0.2, -0.15) is 0 Å². The van der Waals surface area contributed by atoms with Crippen LogP contribution in [0.4, 0.5) is 5.69 Å². The van der Waals surface area contributed by atoms with Crippen LogP contribution in [0.1, 0.15) is 11.5 Å². The van der Waals surface area contributed by atoms with Crippen molar-refractivity contribution >= 4 is 28.8 Å². The minimum atomic E-state index is -0.256. The fourth-order valence-corrected chi connectivity index (χ4v) is 1.88. The zero-order valence-corrected chi connectivity index (χ0v) is 11.4. The van der Waals surface area contributed by atoms with Gasteiger partial charge in [-0.1, -0.05) is 12.1 Å². The van der Waals surface area contributed by atoms with Gasteiger partial charge in [-0.05, 0) is 30.7 Å². The number of hydrogen-bond donors (Lipinski definition) is 1. The van der Waals surface area contributed by atoms with Crippen LogP contribution in [0.3, 0.4) is 0 Å². The Morgan fingerprint density at radius 2 is 2.14 bits per heavy atom. The second-order valence-electron chi connectivity index (χ2n) is 4.53. The second-order valence-corrected chi connectivity index (χ2v) is 4.53. The van der Waals surface area contributed by atoms with Crippen molar-refractivity contribution < 1.29 is 9.21 Å². The van der Waals surface area contributed by atoms with Gasteiger partial charge in [0.05, 0.1) is 11.9 Å². The zero-order chi connectivity index (χ0) is 14.7. The van der Waals surface area contributed by atoms with Gasteiger partial charge >= 0.3 is 0 Å². The van der Waals surface area contributed by atoms with E-state index in [1.165, 1.54) is 6.08 Å². The number of aryl methyl sites for hydroxylation is 1. The van der Waals surface area contributed by atoms with Gasteiger partial charge < -0.3 is 9.73 Å². The molecule has 3 aromatic rings. The minimum absolute atomic E-state index is 0.256. The van der Waals surface area contributed by atoms with Crippen LogP contribution in [0.5, 0.6) is 0 Å². The molecule has 1 N–H and O–H groups in total. The molecule has 0 unspecified atom stereocenters. The number of oxazole rings is 1. The summed E-state index contributed by atoms with van der Waals surface area (Å²) < 4.78 is 5.50. The number of benzene rings is 1. The number of fused-ring (bicyclic) bond motifs is 1. The number of pyridine rings is 1. The molecule has 0 bridgehead atoms.